The van der Waals surface area contributed by atoms with E-state index in [1.807, 2.05) is 38.1 Å². The number of aliphatic hydroxyl groups is 1. The van der Waals surface area contributed by atoms with Gasteiger partial charge in [-0.2, -0.15) is 0 Å². The van der Waals surface area contributed by atoms with E-state index in [-0.39, 0.29) is 30.6 Å². The summed E-state index contributed by atoms with van der Waals surface area (Å²) in [6.07, 6.45) is -0.571. The van der Waals surface area contributed by atoms with E-state index >= 15 is 0 Å². The van der Waals surface area contributed by atoms with Gasteiger partial charge in [-0.1, -0.05) is 30.3 Å². The minimum absolute atomic E-state index is 0. The number of halogens is 1. The molecule has 0 aliphatic carbocycles. The highest BCUT2D eigenvalue weighted by atomic mass is 127. The van der Waals surface area contributed by atoms with Gasteiger partial charge < -0.3 is 33.8 Å². The lowest BCUT2D eigenvalue weighted by Crippen LogP contribution is -3.00. The second-order valence-electron chi connectivity index (χ2n) is 6.58. The number of fused-ring (bicyclic) bond motifs is 1. The second kappa shape index (κ2) is 8.86. The predicted octanol–water partition coefficient (Wildman–Crippen LogP) is 0.318. The lowest BCUT2D eigenvalue weighted by Gasteiger charge is -2.15. The number of para-hydroxylation sites is 3. The van der Waals surface area contributed by atoms with E-state index in [4.69, 9.17) is 4.74 Å². The fourth-order valence-corrected chi connectivity index (χ4v) is 3.51. The Labute approximate surface area is 172 Å². The second-order valence-corrected chi connectivity index (χ2v) is 6.58. The number of benzene rings is 2. The molecule has 3 aromatic rings. The van der Waals surface area contributed by atoms with Gasteiger partial charge in [-0.05, 0) is 44.0 Å². The lowest BCUT2D eigenvalue weighted by atomic mass is 10.1. The number of aromatic nitrogens is 2. The lowest BCUT2D eigenvalue weighted by molar-refractivity contribution is -0.685. The van der Waals surface area contributed by atoms with Crippen LogP contribution in [-0.2, 0) is 13.1 Å². The van der Waals surface area contributed by atoms with Gasteiger partial charge in [0.2, 0.25) is 0 Å². The van der Waals surface area contributed by atoms with Crippen LogP contribution >= 0.6 is 0 Å². The summed E-state index contributed by atoms with van der Waals surface area (Å²) in [6.45, 7) is 10.0. The molecule has 0 saturated carbocycles. The summed E-state index contributed by atoms with van der Waals surface area (Å²) >= 11 is 0. The van der Waals surface area contributed by atoms with Crippen molar-refractivity contribution in [1.29, 1.82) is 0 Å². The first kappa shape index (κ1) is 20.7. The normalized spacial score (nSPS) is 12.0. The molecule has 26 heavy (non-hydrogen) atoms. The zero-order valence-electron chi connectivity index (χ0n) is 15.9. The van der Waals surface area contributed by atoms with Crippen molar-refractivity contribution in [3.05, 3.63) is 59.4 Å². The molecule has 140 valence electrons. The number of aliphatic hydroxyl groups excluding tert-OH is 1. The van der Waals surface area contributed by atoms with Crippen molar-refractivity contribution in [2.75, 3.05) is 6.61 Å². The van der Waals surface area contributed by atoms with Crippen molar-refractivity contribution >= 4 is 11.0 Å². The molecule has 5 heteroatoms. The molecule has 0 aliphatic heterocycles. The van der Waals surface area contributed by atoms with E-state index in [0.29, 0.717) is 6.54 Å². The predicted molar refractivity (Wildman–Crippen MR) is 100.0 cm³/mol. The zero-order valence-corrected chi connectivity index (χ0v) is 18.0. The zero-order chi connectivity index (χ0) is 18.0. The quantitative estimate of drug-likeness (QED) is 0.420. The minimum atomic E-state index is -0.571. The largest absolute Gasteiger partial charge is 1.00 e. The molecule has 0 saturated heterocycles. The third-order valence-electron chi connectivity index (χ3n) is 4.78. The Morgan fingerprint density at radius 3 is 2.35 bits per heavy atom. The van der Waals surface area contributed by atoms with Crippen LogP contribution in [-0.4, -0.2) is 22.4 Å². The highest BCUT2D eigenvalue weighted by molar-refractivity contribution is 5.72. The van der Waals surface area contributed by atoms with Crippen LogP contribution < -0.4 is 33.3 Å². The number of ether oxygens (including phenoxy) is 1. The molecule has 1 unspecified atom stereocenters. The average Bonchev–Trinajstić information content (AvgIpc) is 2.86. The standard InChI is InChI=1S/C21H27N2O2.HI/c1-5-22-17(4)23(20-12-7-6-11-19(20)22)13-18(24)14-25-21-15(2)9-8-10-16(21)3;/h6-12,18,24H,5,13-14H2,1-4H3;1H/q+1;/p-1. The van der Waals surface area contributed by atoms with E-state index in [2.05, 4.69) is 41.2 Å². The fourth-order valence-electron chi connectivity index (χ4n) is 3.51. The van der Waals surface area contributed by atoms with Gasteiger partial charge in [0.1, 0.15) is 25.0 Å². The van der Waals surface area contributed by atoms with Gasteiger partial charge in [-0.3, -0.25) is 0 Å². The van der Waals surface area contributed by atoms with Crippen LogP contribution in [0.15, 0.2) is 42.5 Å². The summed E-state index contributed by atoms with van der Waals surface area (Å²) in [5.41, 5.74) is 4.54. The number of aryl methyl sites for hydroxylation is 3. The summed E-state index contributed by atoms with van der Waals surface area (Å²) < 4.78 is 10.4. The Hall–Kier alpha value is -1.60. The Morgan fingerprint density at radius 1 is 1.04 bits per heavy atom. The van der Waals surface area contributed by atoms with Crippen LogP contribution in [0.2, 0.25) is 0 Å². The fraction of sp³-hybridized carbons (Fsp3) is 0.381. The van der Waals surface area contributed by atoms with Crippen molar-refractivity contribution in [1.82, 2.24) is 4.57 Å². The molecule has 0 fully saturated rings. The first-order valence-electron chi connectivity index (χ1n) is 8.87. The Bertz CT molecular complexity index is 869. The molecule has 1 N–H and O–H groups in total. The summed E-state index contributed by atoms with van der Waals surface area (Å²) in [6, 6.07) is 14.4. The maximum atomic E-state index is 10.6. The van der Waals surface area contributed by atoms with Crippen molar-refractivity contribution < 1.29 is 38.4 Å². The van der Waals surface area contributed by atoms with Crippen LogP contribution in [0, 0.1) is 20.8 Å². The van der Waals surface area contributed by atoms with E-state index in [9.17, 15) is 5.11 Å². The smallest absolute Gasteiger partial charge is 0.254 e. The molecule has 1 heterocycles. The van der Waals surface area contributed by atoms with E-state index in [1.54, 1.807) is 0 Å². The first-order valence-corrected chi connectivity index (χ1v) is 8.87. The molecule has 0 spiro atoms. The van der Waals surface area contributed by atoms with E-state index in [0.717, 1.165) is 34.8 Å². The summed E-state index contributed by atoms with van der Waals surface area (Å²) in [4.78, 5) is 0. The van der Waals surface area contributed by atoms with Gasteiger partial charge in [0, 0.05) is 6.92 Å². The van der Waals surface area contributed by atoms with Gasteiger partial charge in [0.25, 0.3) is 5.82 Å². The molecule has 3 rings (SSSR count). The van der Waals surface area contributed by atoms with E-state index in [1.165, 1.54) is 5.52 Å². The molecule has 1 atom stereocenters. The highest BCUT2D eigenvalue weighted by Gasteiger charge is 2.22. The Balaban J connectivity index is 0.00000243. The molecule has 0 aliphatic rings. The van der Waals surface area contributed by atoms with Crippen molar-refractivity contribution in [2.45, 2.75) is 46.9 Å². The Morgan fingerprint density at radius 2 is 1.69 bits per heavy atom. The van der Waals surface area contributed by atoms with Crippen LogP contribution in [0.4, 0.5) is 0 Å². The van der Waals surface area contributed by atoms with Crippen LogP contribution in [0.3, 0.4) is 0 Å². The third kappa shape index (κ3) is 4.04. The first-order chi connectivity index (χ1) is 12.0. The number of rotatable bonds is 6. The molecular weight excluding hydrogens is 439 g/mol. The van der Waals surface area contributed by atoms with Crippen molar-refractivity contribution in [3.8, 4) is 5.75 Å². The maximum Gasteiger partial charge on any atom is 0.254 e. The van der Waals surface area contributed by atoms with Crippen LogP contribution in [0.5, 0.6) is 5.75 Å². The number of hydrogen-bond acceptors (Lipinski definition) is 2. The number of nitrogens with zero attached hydrogens (tertiary/aromatic N) is 2. The van der Waals surface area contributed by atoms with Crippen LogP contribution in [0.25, 0.3) is 11.0 Å². The SMILES string of the molecule is CCn1c(C)[n+](CC(O)COc2c(C)cccc2C)c2ccccc21.[I-]. The van der Waals surface area contributed by atoms with Crippen LogP contribution in [0.1, 0.15) is 23.9 Å². The molecule has 2 aromatic carbocycles. The summed E-state index contributed by atoms with van der Waals surface area (Å²) in [5, 5.41) is 10.6. The van der Waals surface area contributed by atoms with Gasteiger partial charge in [-0.25, -0.2) is 9.13 Å². The third-order valence-corrected chi connectivity index (χ3v) is 4.78. The molecule has 0 radical (unpaired) electrons. The Kier molecular flexibility index (Phi) is 7.06. The summed E-state index contributed by atoms with van der Waals surface area (Å²) in [7, 11) is 0. The van der Waals surface area contributed by atoms with Gasteiger partial charge in [0.05, 0.1) is 6.54 Å². The number of imidazole rings is 1. The van der Waals surface area contributed by atoms with Crippen molar-refractivity contribution in [2.24, 2.45) is 0 Å². The van der Waals surface area contributed by atoms with Gasteiger partial charge in [0.15, 0.2) is 11.0 Å². The average molecular weight is 466 g/mol. The molecular formula is C21H27IN2O2. The van der Waals surface area contributed by atoms with Gasteiger partial charge >= 0.3 is 0 Å². The van der Waals surface area contributed by atoms with E-state index < -0.39 is 6.10 Å². The number of hydrogen-bond donors (Lipinski definition) is 1. The summed E-state index contributed by atoms with van der Waals surface area (Å²) in [5.74, 6) is 2.02. The highest BCUT2D eigenvalue weighted by Crippen LogP contribution is 2.22. The topological polar surface area (TPSA) is 38.3 Å². The monoisotopic (exact) mass is 466 g/mol. The maximum absolute atomic E-state index is 10.6. The molecule has 0 amide bonds. The molecule has 0 bridgehead atoms. The minimum Gasteiger partial charge on any atom is -1.00 e. The molecule has 1 aromatic heterocycles. The van der Waals surface area contributed by atoms with Crippen molar-refractivity contribution in [3.63, 3.8) is 0 Å². The van der Waals surface area contributed by atoms with Gasteiger partial charge in [-0.15, -0.1) is 0 Å². The molecule has 4 nitrogen and oxygen atoms in total.